The average Bonchev–Trinajstić information content (AvgIpc) is 3.76. The molecule has 0 fully saturated rings. The molecule has 0 saturated carbocycles. The van der Waals surface area contributed by atoms with Crippen molar-refractivity contribution < 1.29 is 8.14 Å². The Morgan fingerprint density at radius 3 is 1.24 bits per heavy atom. The van der Waals surface area contributed by atoms with Crippen molar-refractivity contribution in [3.63, 3.8) is 0 Å². The number of halogens is 4. The van der Waals surface area contributed by atoms with Crippen LogP contribution in [0.15, 0.2) is 91.0 Å². The van der Waals surface area contributed by atoms with Gasteiger partial charge in [-0.2, -0.15) is 0 Å². The summed E-state index contributed by atoms with van der Waals surface area (Å²) in [5, 5.41) is 2.99. The molecule has 9 rings (SSSR count). The Kier molecular flexibility index (Phi) is 5.73. The zero-order chi connectivity index (χ0) is 30.5. The molecule has 3 aromatic heterocycles. The van der Waals surface area contributed by atoms with Crippen molar-refractivity contribution in [2.24, 2.45) is 0 Å². The van der Waals surface area contributed by atoms with Crippen molar-refractivity contribution in [3.05, 3.63) is 91.0 Å². The molecule has 2 aliphatic heterocycles. The molecule has 0 saturated heterocycles. The van der Waals surface area contributed by atoms with Crippen molar-refractivity contribution >= 4 is 89.0 Å². The first-order valence-corrected chi connectivity index (χ1v) is 19.2. The Balaban J connectivity index is 1.52. The van der Waals surface area contributed by atoms with Crippen molar-refractivity contribution in [1.82, 2.24) is 39.9 Å². The fourth-order valence-electron chi connectivity index (χ4n) is 5.81. The number of hydrogen-bond donors (Lipinski definition) is 2. The van der Waals surface area contributed by atoms with Gasteiger partial charge in [-0.3, -0.25) is 0 Å². The molecule has 0 unspecified atom stereocenters. The normalized spacial score (nSPS) is 13.4. The number of aromatic nitrogens is 8. The van der Waals surface area contributed by atoms with Gasteiger partial charge in [0.1, 0.15) is 0 Å². The number of hydrogen-bond acceptors (Lipinski definition) is 6. The van der Waals surface area contributed by atoms with Crippen molar-refractivity contribution in [2.75, 3.05) is 0 Å². The van der Waals surface area contributed by atoms with E-state index in [2.05, 4.69) is 9.97 Å². The van der Waals surface area contributed by atoms with Gasteiger partial charge in [-0.15, -0.1) is 0 Å². The fourth-order valence-corrected chi connectivity index (χ4v) is 8.30. The van der Waals surface area contributed by atoms with Crippen LogP contribution in [0.4, 0.5) is 0 Å². The van der Waals surface area contributed by atoms with Crippen LogP contribution < -0.4 is 4.46 Å². The first kappa shape index (κ1) is 27.2. The summed E-state index contributed by atoms with van der Waals surface area (Å²) in [4.78, 5) is 36.6. The molecule has 0 amide bonds. The van der Waals surface area contributed by atoms with Gasteiger partial charge in [-0.05, 0) is 0 Å². The van der Waals surface area contributed by atoms with Gasteiger partial charge in [0.2, 0.25) is 0 Å². The number of fused-ring (bicyclic) bond motifs is 20. The second-order valence-electron chi connectivity index (χ2n) is 10.4. The van der Waals surface area contributed by atoms with E-state index in [9.17, 15) is 0 Å². The number of rotatable bonds is 1. The van der Waals surface area contributed by atoms with Crippen LogP contribution in [0.3, 0.4) is 0 Å². The molecule has 45 heavy (non-hydrogen) atoms. The molecule has 7 aromatic rings. The Morgan fingerprint density at radius 1 is 0.400 bits per heavy atom. The molecule has 0 radical (unpaired) electrons. The Bertz CT molecular complexity index is 2570. The van der Waals surface area contributed by atoms with Crippen LogP contribution in [-0.4, -0.2) is 39.9 Å². The number of nitrogens with one attached hydrogen (secondary N) is 2. The molecule has 2 N–H and O–H groups in total. The summed E-state index contributed by atoms with van der Waals surface area (Å²) in [5.74, 6) is 1.92. The summed E-state index contributed by atoms with van der Waals surface area (Å²) in [6, 6.07) is 28.9. The van der Waals surface area contributed by atoms with E-state index in [4.69, 9.17) is 70.3 Å². The summed E-state index contributed by atoms with van der Waals surface area (Å²) in [6.45, 7) is 0. The number of nitrogens with zero attached hydrogens (tertiary/aromatic N) is 6. The predicted octanol–water partition coefficient (Wildman–Crippen LogP) is 8.80. The molecule has 0 aliphatic carbocycles. The zero-order valence-electron chi connectivity index (χ0n) is 22.7. The third-order valence-electron chi connectivity index (χ3n) is 7.74. The molecule has 0 spiro atoms. The van der Waals surface area contributed by atoms with E-state index in [-0.39, 0.29) is 0 Å². The first-order valence-electron chi connectivity index (χ1n) is 13.5. The SMILES string of the molecule is [Cl][Cu]([Cl])([Cl])([Cl])[c]1cccc2c3nc4nc(nc5[nH]c(nc6nc(nc([nH]3)c12)-c1ccccc1-6)c1ccccc51)-c1ccccc1-4. The van der Waals surface area contributed by atoms with Crippen LogP contribution in [0, 0.1) is 0 Å². The third kappa shape index (κ3) is 4.35. The average molecular weight is 719 g/mol. The van der Waals surface area contributed by atoms with Crippen molar-refractivity contribution in [1.29, 1.82) is 0 Å². The quantitative estimate of drug-likeness (QED) is 0.164. The fraction of sp³-hybridized carbons (Fsp3) is 0. The van der Waals surface area contributed by atoms with E-state index in [1.807, 2.05) is 78.9 Å². The second kappa shape index (κ2) is 9.47. The zero-order valence-corrected chi connectivity index (χ0v) is 26.6. The molecular formula is C32H17Cl4CuN8. The van der Waals surface area contributed by atoms with E-state index < -0.39 is 8.14 Å². The summed E-state index contributed by atoms with van der Waals surface area (Å²) in [6.07, 6.45) is 0. The van der Waals surface area contributed by atoms with E-state index in [1.165, 1.54) is 0 Å². The Labute approximate surface area is 272 Å². The molecule has 8 nitrogen and oxygen atoms in total. The van der Waals surface area contributed by atoms with Gasteiger partial charge in [0, 0.05) is 0 Å². The monoisotopic (exact) mass is 716 g/mol. The topological polar surface area (TPSA) is 109 Å². The van der Waals surface area contributed by atoms with E-state index >= 15 is 0 Å². The Morgan fingerprint density at radius 2 is 0.778 bits per heavy atom. The van der Waals surface area contributed by atoms with Gasteiger partial charge in [0.15, 0.2) is 0 Å². The molecule has 5 heterocycles. The number of benzene rings is 4. The van der Waals surface area contributed by atoms with Gasteiger partial charge in [0.05, 0.1) is 0 Å². The molecule has 224 valence electrons. The first-order chi connectivity index (χ1) is 21.7. The molecule has 0 atom stereocenters. The maximum atomic E-state index is 6.61. The number of aromatic amines is 2. The van der Waals surface area contributed by atoms with Gasteiger partial charge in [-0.1, -0.05) is 6.07 Å². The van der Waals surface area contributed by atoms with Crippen LogP contribution in [0.1, 0.15) is 0 Å². The van der Waals surface area contributed by atoms with E-state index in [0.29, 0.717) is 61.1 Å². The van der Waals surface area contributed by atoms with Gasteiger partial charge < -0.3 is 0 Å². The molecule has 8 bridgehead atoms. The van der Waals surface area contributed by atoms with Crippen LogP contribution in [-0.2, 0) is 8.14 Å². The van der Waals surface area contributed by atoms with E-state index in [1.54, 1.807) is 12.1 Å². The Hall–Kier alpha value is -4.08. The summed E-state index contributed by atoms with van der Waals surface area (Å²) in [5.41, 5.74) is 5.41. The molecule has 2 aliphatic rings. The van der Waals surface area contributed by atoms with Gasteiger partial charge in [0.25, 0.3) is 0 Å². The predicted molar refractivity (Wildman–Crippen MR) is 179 cm³/mol. The molecule has 4 aromatic carbocycles. The maximum absolute atomic E-state index is 6.61. The summed E-state index contributed by atoms with van der Waals surface area (Å²) >= 11 is 0. The summed E-state index contributed by atoms with van der Waals surface area (Å²) < 4.78 is 0.322. The summed E-state index contributed by atoms with van der Waals surface area (Å²) in [7, 11) is 22.4. The van der Waals surface area contributed by atoms with Crippen LogP contribution in [0.2, 0.25) is 0 Å². The minimum absolute atomic E-state index is 0.322. The van der Waals surface area contributed by atoms with Gasteiger partial charge in [-0.25, -0.2) is 0 Å². The van der Waals surface area contributed by atoms with Crippen molar-refractivity contribution in [3.8, 4) is 45.6 Å². The minimum atomic E-state index is -4.03. The van der Waals surface area contributed by atoms with E-state index in [0.717, 1.165) is 33.0 Å². The van der Waals surface area contributed by atoms with Crippen molar-refractivity contribution in [2.45, 2.75) is 0 Å². The third-order valence-corrected chi connectivity index (χ3v) is 10.9. The van der Waals surface area contributed by atoms with Crippen LogP contribution >= 0.6 is 40.4 Å². The number of H-pyrrole nitrogens is 2. The van der Waals surface area contributed by atoms with Crippen LogP contribution in [0.5, 0.6) is 0 Å². The second-order valence-corrected chi connectivity index (χ2v) is 22.8. The van der Waals surface area contributed by atoms with Crippen LogP contribution in [0.25, 0.3) is 89.7 Å². The van der Waals surface area contributed by atoms with Gasteiger partial charge >= 0.3 is 267 Å². The molecular weight excluding hydrogens is 702 g/mol. The molecule has 13 heteroatoms. The standard InChI is InChI=1S/C32H17N8.4ClH.Cu/c1-2-10-18-17(9-1)25-33-26(18)38-28-21-13-5-6-14-22(21)30(35-28)40-32-24-16-8-7-15-23(24)31(36-32)39-29-20-12-4-3-11-19(20)27(34-29)37-25;;;;;/h1-15H,(H2,33,34,35,36,37,38,39,40);4*1H;/q;;;;;+4/p-4.